The van der Waals surface area contributed by atoms with Crippen LogP contribution in [0.5, 0.6) is 5.75 Å². The van der Waals surface area contributed by atoms with Crippen molar-refractivity contribution >= 4 is 0 Å². The summed E-state index contributed by atoms with van der Waals surface area (Å²) in [7, 11) is 0. The first kappa shape index (κ1) is 20.0. The summed E-state index contributed by atoms with van der Waals surface area (Å²) in [6, 6.07) is 13.6. The molecule has 1 aromatic heterocycles. The number of fused-ring (bicyclic) bond motifs is 1. The van der Waals surface area contributed by atoms with E-state index in [2.05, 4.69) is 27.6 Å². The second kappa shape index (κ2) is 8.64. The van der Waals surface area contributed by atoms with E-state index in [1.165, 1.54) is 5.56 Å². The van der Waals surface area contributed by atoms with E-state index in [0.717, 1.165) is 24.0 Å². The van der Waals surface area contributed by atoms with Gasteiger partial charge in [-0.15, -0.1) is 0 Å². The van der Waals surface area contributed by atoms with Gasteiger partial charge in [0.05, 0.1) is 11.7 Å². The Labute approximate surface area is 174 Å². The lowest BCUT2D eigenvalue weighted by Crippen LogP contribution is -2.21. The maximum absolute atomic E-state index is 12.5. The van der Waals surface area contributed by atoms with Crippen molar-refractivity contribution in [3.63, 3.8) is 0 Å². The summed E-state index contributed by atoms with van der Waals surface area (Å²) in [5, 5.41) is 16.9. The van der Waals surface area contributed by atoms with Crippen molar-refractivity contribution in [2.75, 3.05) is 13.2 Å². The summed E-state index contributed by atoms with van der Waals surface area (Å²) >= 11 is 0. The maximum atomic E-state index is 12.5. The molecule has 0 fully saturated rings. The summed E-state index contributed by atoms with van der Waals surface area (Å²) in [5.74, 6) is 1.39. The van der Waals surface area contributed by atoms with Gasteiger partial charge in [-0.3, -0.25) is 0 Å². The fourth-order valence-corrected chi connectivity index (χ4v) is 3.86. The average Bonchev–Trinajstić information content (AvgIpc) is 3.39. The monoisotopic (exact) mass is 406 g/mol. The van der Waals surface area contributed by atoms with Crippen molar-refractivity contribution in [2.24, 2.45) is 0 Å². The van der Waals surface area contributed by atoms with Gasteiger partial charge in [-0.2, -0.15) is 10.2 Å². The Balaban J connectivity index is 1.63. The van der Waals surface area contributed by atoms with Gasteiger partial charge in [0.15, 0.2) is 0 Å². The van der Waals surface area contributed by atoms with Crippen molar-refractivity contribution < 1.29 is 13.7 Å². The highest BCUT2D eigenvalue weighted by Gasteiger charge is 2.26. The Morgan fingerprint density at radius 3 is 2.97 bits per heavy atom. The number of nitriles is 1. The number of hydrogen-bond donors (Lipinski definition) is 1. The molecule has 3 aromatic rings. The molecule has 1 unspecified atom stereocenters. The Bertz CT molecular complexity index is 1090. The van der Waals surface area contributed by atoms with E-state index in [0.29, 0.717) is 35.1 Å². The molecule has 1 heterocycles. The zero-order valence-corrected chi connectivity index (χ0v) is 17.0. The van der Waals surface area contributed by atoms with E-state index in [9.17, 15) is 9.65 Å². The molecular formula is C23H23FN4O2. The fraction of sp³-hybridized carbons (Fsp3) is 0.348. The maximum Gasteiger partial charge on any atom is 0.258 e. The van der Waals surface area contributed by atoms with Gasteiger partial charge in [-0.1, -0.05) is 23.4 Å². The molecule has 0 amide bonds. The van der Waals surface area contributed by atoms with Gasteiger partial charge in [-0.25, -0.2) is 4.39 Å². The van der Waals surface area contributed by atoms with Crippen LogP contribution in [0.1, 0.15) is 43.0 Å². The molecule has 1 atom stereocenters. The molecular weight excluding hydrogens is 383 g/mol. The first-order valence-electron chi connectivity index (χ1n) is 10.1. The number of halogens is 1. The number of nitrogens with zero attached hydrogens (tertiary/aromatic N) is 3. The smallest absolute Gasteiger partial charge is 0.258 e. The lowest BCUT2D eigenvalue weighted by molar-refractivity contribution is 0.241. The Kier molecular flexibility index (Phi) is 5.77. The zero-order valence-electron chi connectivity index (χ0n) is 17.0. The number of aromatic nitrogens is 2. The third-order valence-corrected chi connectivity index (χ3v) is 5.13. The Morgan fingerprint density at radius 2 is 2.20 bits per heavy atom. The van der Waals surface area contributed by atoms with Crippen molar-refractivity contribution in [3.8, 4) is 34.7 Å². The highest BCUT2D eigenvalue weighted by atomic mass is 19.1. The van der Waals surface area contributed by atoms with Crippen LogP contribution in [0.25, 0.3) is 22.8 Å². The van der Waals surface area contributed by atoms with Crippen LogP contribution in [0.2, 0.25) is 0 Å². The molecule has 0 aliphatic heterocycles. The second-order valence-corrected chi connectivity index (χ2v) is 7.52. The number of hydrogen-bond acceptors (Lipinski definition) is 6. The Hall–Kier alpha value is -3.24. The minimum atomic E-state index is -0.384. The van der Waals surface area contributed by atoms with Crippen molar-refractivity contribution in [3.05, 3.63) is 53.1 Å². The average molecular weight is 406 g/mol. The number of ether oxygens (including phenoxy) is 1. The van der Waals surface area contributed by atoms with Gasteiger partial charge in [0, 0.05) is 23.7 Å². The topological polar surface area (TPSA) is 84.0 Å². The van der Waals surface area contributed by atoms with E-state index in [4.69, 9.17) is 9.26 Å². The number of alkyl halides is 1. The zero-order chi connectivity index (χ0) is 21.1. The fourth-order valence-electron chi connectivity index (χ4n) is 3.86. The summed E-state index contributed by atoms with van der Waals surface area (Å²) in [6.07, 6.45) is 1.76. The molecule has 7 heteroatoms. The van der Waals surface area contributed by atoms with Crippen LogP contribution < -0.4 is 10.1 Å². The van der Waals surface area contributed by atoms with Gasteiger partial charge in [-0.05, 0) is 56.0 Å². The minimum Gasteiger partial charge on any atom is -0.490 e. The first-order valence-corrected chi connectivity index (χ1v) is 10.1. The molecule has 1 aliphatic carbocycles. The largest absolute Gasteiger partial charge is 0.490 e. The second-order valence-electron chi connectivity index (χ2n) is 7.52. The summed E-state index contributed by atoms with van der Waals surface area (Å²) < 4.78 is 23.7. The third-order valence-electron chi connectivity index (χ3n) is 5.13. The van der Waals surface area contributed by atoms with Crippen LogP contribution in [-0.2, 0) is 6.42 Å². The molecule has 0 bridgehead atoms. The molecule has 30 heavy (non-hydrogen) atoms. The number of nitrogens with one attached hydrogen (secondary N) is 1. The summed E-state index contributed by atoms with van der Waals surface area (Å²) in [5.41, 5.74) is 4.33. The van der Waals surface area contributed by atoms with E-state index in [1.807, 2.05) is 32.0 Å². The molecule has 6 nitrogen and oxygen atoms in total. The van der Waals surface area contributed by atoms with Crippen molar-refractivity contribution in [1.29, 1.82) is 5.26 Å². The van der Waals surface area contributed by atoms with Gasteiger partial charge < -0.3 is 14.6 Å². The van der Waals surface area contributed by atoms with E-state index in [1.54, 1.807) is 12.1 Å². The molecule has 1 aliphatic rings. The van der Waals surface area contributed by atoms with Crippen LogP contribution in [0.15, 0.2) is 40.9 Å². The summed E-state index contributed by atoms with van der Waals surface area (Å²) in [4.78, 5) is 4.57. The van der Waals surface area contributed by atoms with Crippen LogP contribution >= 0.6 is 0 Å². The first-order chi connectivity index (χ1) is 14.6. The molecule has 0 spiro atoms. The predicted molar refractivity (Wildman–Crippen MR) is 111 cm³/mol. The van der Waals surface area contributed by atoms with Crippen LogP contribution in [0.4, 0.5) is 4.39 Å². The molecule has 2 aromatic carbocycles. The highest BCUT2D eigenvalue weighted by Crippen LogP contribution is 2.37. The normalized spacial score (nSPS) is 15.2. The van der Waals surface area contributed by atoms with Crippen LogP contribution in [-0.4, -0.2) is 29.5 Å². The SMILES string of the molecule is CC(C)Oc1ccc(-c2nc(-c3cccc4c3CCC4NCCF)no2)cc1C#N. The molecule has 0 radical (unpaired) electrons. The molecule has 0 saturated heterocycles. The minimum absolute atomic E-state index is 0.0265. The highest BCUT2D eigenvalue weighted by molar-refractivity contribution is 5.67. The Morgan fingerprint density at radius 1 is 1.33 bits per heavy atom. The third kappa shape index (κ3) is 3.91. The quantitative estimate of drug-likeness (QED) is 0.617. The molecule has 154 valence electrons. The van der Waals surface area contributed by atoms with E-state index >= 15 is 0 Å². The van der Waals surface area contributed by atoms with Gasteiger partial charge in [0.1, 0.15) is 18.5 Å². The van der Waals surface area contributed by atoms with E-state index in [-0.39, 0.29) is 18.8 Å². The number of benzene rings is 2. The van der Waals surface area contributed by atoms with Gasteiger partial charge in [0.25, 0.3) is 5.89 Å². The molecule has 1 N–H and O–H groups in total. The molecule has 0 saturated carbocycles. The summed E-state index contributed by atoms with van der Waals surface area (Å²) in [6.45, 7) is 3.79. The van der Waals surface area contributed by atoms with Gasteiger partial charge >= 0.3 is 0 Å². The van der Waals surface area contributed by atoms with Crippen LogP contribution in [0.3, 0.4) is 0 Å². The lowest BCUT2D eigenvalue weighted by Gasteiger charge is -2.13. The van der Waals surface area contributed by atoms with Crippen LogP contribution in [0, 0.1) is 11.3 Å². The van der Waals surface area contributed by atoms with E-state index < -0.39 is 0 Å². The predicted octanol–water partition coefficient (Wildman–Crippen LogP) is 4.61. The number of rotatable bonds is 7. The standard InChI is InChI=1S/C23H23FN4O2/c1-14(2)29-21-9-6-15(12-16(21)13-25)23-27-22(28-30-23)19-5-3-4-18-17(19)7-8-20(18)26-11-10-24/h3-6,9,12,14,20,26H,7-8,10-11H2,1-2H3. The van der Waals surface area contributed by atoms with Crippen molar-refractivity contribution in [1.82, 2.24) is 15.5 Å². The van der Waals surface area contributed by atoms with Crippen molar-refractivity contribution in [2.45, 2.75) is 38.8 Å². The van der Waals surface area contributed by atoms with Gasteiger partial charge in [0.2, 0.25) is 5.82 Å². The lowest BCUT2D eigenvalue weighted by atomic mass is 10.0. The molecule has 4 rings (SSSR count).